The van der Waals surface area contributed by atoms with Gasteiger partial charge in [0.2, 0.25) is 0 Å². The number of carbonyl (C=O) groups is 1. The van der Waals surface area contributed by atoms with Crippen LogP contribution in [0.15, 0.2) is 96.6 Å². The monoisotopic (exact) mass is 456 g/mol. The lowest BCUT2D eigenvalue weighted by atomic mass is 9.99. The van der Waals surface area contributed by atoms with Crippen LogP contribution >= 0.6 is 0 Å². The number of hydrogen-bond donors (Lipinski definition) is 1. The van der Waals surface area contributed by atoms with Crippen LogP contribution in [0.4, 0.5) is 0 Å². The van der Waals surface area contributed by atoms with Gasteiger partial charge in [-0.25, -0.2) is 4.79 Å². The van der Waals surface area contributed by atoms with Gasteiger partial charge in [0, 0.05) is 17.6 Å². The fourth-order valence-electron chi connectivity index (χ4n) is 3.79. The maximum atomic E-state index is 12.4. The lowest BCUT2D eigenvalue weighted by Crippen LogP contribution is -2.10. The molecule has 0 heterocycles. The van der Waals surface area contributed by atoms with E-state index in [4.69, 9.17) is 14.2 Å². The van der Waals surface area contributed by atoms with Crippen LogP contribution in [0, 0.1) is 0 Å². The molecule has 1 aliphatic carbocycles. The van der Waals surface area contributed by atoms with E-state index in [2.05, 4.69) is 12.1 Å². The van der Waals surface area contributed by atoms with Crippen molar-refractivity contribution in [1.82, 2.24) is 0 Å². The van der Waals surface area contributed by atoms with Crippen molar-refractivity contribution in [3.63, 3.8) is 0 Å². The number of carbonyl (C=O) groups excluding carboxylic acids is 1. The van der Waals surface area contributed by atoms with Gasteiger partial charge >= 0.3 is 5.97 Å². The van der Waals surface area contributed by atoms with E-state index in [9.17, 15) is 9.90 Å². The summed E-state index contributed by atoms with van der Waals surface area (Å²) in [5, 5.41) is 11.0. The molecule has 0 bridgehead atoms. The number of rotatable bonds is 10. The number of benzene rings is 3. The summed E-state index contributed by atoms with van der Waals surface area (Å²) in [7, 11) is 1.59. The second kappa shape index (κ2) is 11.3. The summed E-state index contributed by atoms with van der Waals surface area (Å²) in [6, 6.07) is 22.9. The molecule has 0 radical (unpaired) electrons. The van der Waals surface area contributed by atoms with Gasteiger partial charge in [0.15, 0.2) is 0 Å². The van der Waals surface area contributed by atoms with Crippen LogP contribution in [-0.4, -0.2) is 24.8 Å². The van der Waals surface area contributed by atoms with E-state index in [-0.39, 0.29) is 12.6 Å². The zero-order chi connectivity index (χ0) is 23.8. The summed E-state index contributed by atoms with van der Waals surface area (Å²) in [5.74, 6) is 0.952. The highest BCUT2D eigenvalue weighted by molar-refractivity contribution is 5.89. The normalized spacial score (nSPS) is 13.3. The van der Waals surface area contributed by atoms with E-state index in [1.807, 2.05) is 66.7 Å². The zero-order valence-electron chi connectivity index (χ0n) is 19.1. The summed E-state index contributed by atoms with van der Waals surface area (Å²) < 4.78 is 16.9. The first-order valence-corrected chi connectivity index (χ1v) is 11.3. The van der Waals surface area contributed by atoms with Crippen LogP contribution in [0.5, 0.6) is 11.5 Å². The second-order valence-corrected chi connectivity index (χ2v) is 8.03. The van der Waals surface area contributed by atoms with E-state index in [1.54, 1.807) is 19.3 Å². The molecule has 3 aromatic carbocycles. The number of aliphatic hydroxyl groups excluding tert-OH is 1. The predicted molar refractivity (Wildman–Crippen MR) is 131 cm³/mol. The largest absolute Gasteiger partial charge is 0.497 e. The molecule has 0 aliphatic heterocycles. The minimum absolute atomic E-state index is 0.0511. The third-order valence-electron chi connectivity index (χ3n) is 5.69. The van der Waals surface area contributed by atoms with Gasteiger partial charge in [0.25, 0.3) is 0 Å². The van der Waals surface area contributed by atoms with Gasteiger partial charge in [-0.15, -0.1) is 0 Å². The molecule has 4 rings (SSSR count). The van der Waals surface area contributed by atoms with E-state index < -0.39 is 6.10 Å². The van der Waals surface area contributed by atoms with E-state index >= 15 is 0 Å². The lowest BCUT2D eigenvalue weighted by Gasteiger charge is -2.17. The fraction of sp³-hybridized carbons (Fsp3) is 0.207. The third-order valence-corrected chi connectivity index (χ3v) is 5.69. The van der Waals surface area contributed by atoms with Gasteiger partial charge < -0.3 is 19.3 Å². The Kier molecular flexibility index (Phi) is 7.79. The molecule has 1 aliphatic rings. The van der Waals surface area contributed by atoms with Crippen molar-refractivity contribution in [2.24, 2.45) is 0 Å². The fourth-order valence-corrected chi connectivity index (χ4v) is 3.79. The van der Waals surface area contributed by atoms with Crippen molar-refractivity contribution in [2.45, 2.75) is 25.6 Å². The number of allylic oxidation sites excluding steroid dienone is 3. The van der Waals surface area contributed by atoms with Crippen molar-refractivity contribution in [2.75, 3.05) is 13.7 Å². The molecule has 5 heteroatoms. The minimum atomic E-state index is -0.857. The van der Waals surface area contributed by atoms with Crippen LogP contribution in [0.25, 0.3) is 0 Å². The Labute approximate surface area is 199 Å². The van der Waals surface area contributed by atoms with Gasteiger partial charge in [0.05, 0.1) is 13.7 Å². The molecule has 1 N–H and O–H groups in total. The highest BCUT2D eigenvalue weighted by Crippen LogP contribution is 2.30. The molecule has 1 unspecified atom stereocenters. The van der Waals surface area contributed by atoms with Gasteiger partial charge in [-0.2, -0.15) is 0 Å². The first kappa shape index (κ1) is 23.3. The van der Waals surface area contributed by atoms with Crippen LogP contribution in [-0.2, 0) is 22.6 Å². The summed E-state index contributed by atoms with van der Waals surface area (Å²) >= 11 is 0. The van der Waals surface area contributed by atoms with E-state index in [0.717, 1.165) is 6.42 Å². The smallest absolute Gasteiger partial charge is 0.334 e. The topological polar surface area (TPSA) is 65.0 Å². The van der Waals surface area contributed by atoms with Crippen molar-refractivity contribution in [3.8, 4) is 11.5 Å². The van der Waals surface area contributed by atoms with Crippen molar-refractivity contribution in [1.29, 1.82) is 0 Å². The standard InChI is InChI=1S/C29H28O5/c1-32-26-13-7-12-23(19-26)28(30)24-14-15-27(33-17-16-21-8-3-2-4-9-21)25(18-24)20-34-29(31)22-10-5-6-11-22/h2-10,12-15,18-19,28,30H,11,16-17,20H2,1H3. The Balaban J connectivity index is 1.52. The minimum Gasteiger partial charge on any atom is -0.497 e. The average molecular weight is 457 g/mol. The molecule has 34 heavy (non-hydrogen) atoms. The highest BCUT2D eigenvalue weighted by Gasteiger charge is 2.17. The summed E-state index contributed by atoms with van der Waals surface area (Å²) in [6.07, 6.45) is 6.01. The Morgan fingerprint density at radius 2 is 1.82 bits per heavy atom. The van der Waals surface area contributed by atoms with Crippen LogP contribution in [0.3, 0.4) is 0 Å². The van der Waals surface area contributed by atoms with E-state index in [0.29, 0.717) is 46.8 Å². The van der Waals surface area contributed by atoms with Crippen LogP contribution in [0.2, 0.25) is 0 Å². The molecule has 0 aromatic heterocycles. The van der Waals surface area contributed by atoms with E-state index in [1.165, 1.54) is 5.56 Å². The number of ether oxygens (including phenoxy) is 3. The molecule has 0 saturated heterocycles. The second-order valence-electron chi connectivity index (χ2n) is 8.03. The zero-order valence-corrected chi connectivity index (χ0v) is 19.1. The summed E-state index contributed by atoms with van der Waals surface area (Å²) in [6.45, 7) is 0.535. The SMILES string of the molecule is COc1cccc(C(O)c2ccc(OCCc3ccccc3)c(COC(=O)C3=CC=CC3)c2)c1. The van der Waals surface area contributed by atoms with Crippen LogP contribution < -0.4 is 9.47 Å². The molecule has 0 fully saturated rings. The Bertz CT molecular complexity index is 1180. The van der Waals surface area contributed by atoms with Gasteiger partial charge in [-0.05, 0) is 47.4 Å². The van der Waals surface area contributed by atoms with Gasteiger partial charge in [0.1, 0.15) is 24.2 Å². The highest BCUT2D eigenvalue weighted by atomic mass is 16.5. The van der Waals surface area contributed by atoms with Gasteiger partial charge in [-0.3, -0.25) is 0 Å². The lowest BCUT2D eigenvalue weighted by molar-refractivity contribution is -0.140. The third kappa shape index (κ3) is 5.94. The first-order valence-electron chi connectivity index (χ1n) is 11.3. The molecule has 0 amide bonds. The molecule has 174 valence electrons. The number of aliphatic hydroxyl groups is 1. The number of methoxy groups -OCH3 is 1. The molecule has 1 atom stereocenters. The Morgan fingerprint density at radius 3 is 2.59 bits per heavy atom. The van der Waals surface area contributed by atoms with Crippen molar-refractivity contribution in [3.05, 3.63) is 119 Å². The van der Waals surface area contributed by atoms with Gasteiger partial charge in [-0.1, -0.05) is 66.8 Å². The number of esters is 1. The first-order chi connectivity index (χ1) is 16.6. The van der Waals surface area contributed by atoms with Crippen molar-refractivity contribution >= 4 is 5.97 Å². The average Bonchev–Trinajstić information content (AvgIpc) is 3.43. The molecule has 0 saturated carbocycles. The van der Waals surface area contributed by atoms with Crippen molar-refractivity contribution < 1.29 is 24.1 Å². The molecule has 0 spiro atoms. The Morgan fingerprint density at radius 1 is 1.00 bits per heavy atom. The Hall–Kier alpha value is -3.83. The maximum Gasteiger partial charge on any atom is 0.334 e. The molecular formula is C29H28O5. The van der Waals surface area contributed by atoms with Crippen LogP contribution in [0.1, 0.15) is 34.8 Å². The molecule has 3 aromatic rings. The molecule has 5 nitrogen and oxygen atoms in total. The predicted octanol–water partition coefficient (Wildman–Crippen LogP) is 5.33. The number of hydrogen-bond acceptors (Lipinski definition) is 5. The quantitative estimate of drug-likeness (QED) is 0.418. The molecular weight excluding hydrogens is 428 g/mol. The maximum absolute atomic E-state index is 12.4. The summed E-state index contributed by atoms with van der Waals surface area (Å²) in [5.41, 5.74) is 3.89. The summed E-state index contributed by atoms with van der Waals surface area (Å²) in [4.78, 5) is 12.4.